The maximum atomic E-state index is 9.27. The number of pyridine rings is 1. The van der Waals surface area contributed by atoms with E-state index in [0.717, 1.165) is 24.8 Å². The van der Waals surface area contributed by atoms with Crippen LogP contribution in [0.2, 0.25) is 0 Å². The van der Waals surface area contributed by atoms with Crippen LogP contribution in [-0.2, 0) is 12.8 Å². The number of nitrogens with one attached hydrogen (secondary N) is 1. The molecule has 3 aromatic rings. The molecule has 0 spiro atoms. The lowest BCUT2D eigenvalue weighted by molar-refractivity contribution is 0.208. The van der Waals surface area contributed by atoms with Crippen molar-refractivity contribution in [3.05, 3.63) is 60.0 Å². The van der Waals surface area contributed by atoms with E-state index in [2.05, 4.69) is 44.7 Å². The van der Waals surface area contributed by atoms with E-state index in [4.69, 9.17) is 4.52 Å². The molecule has 1 aromatic carbocycles. The van der Waals surface area contributed by atoms with E-state index >= 15 is 0 Å². The van der Waals surface area contributed by atoms with Gasteiger partial charge in [-0.05, 0) is 37.5 Å². The summed E-state index contributed by atoms with van der Waals surface area (Å²) < 4.78 is 5.33. The highest BCUT2D eigenvalue weighted by molar-refractivity contribution is 5.54. The van der Waals surface area contributed by atoms with Crippen LogP contribution in [0.3, 0.4) is 0 Å². The predicted octanol–water partition coefficient (Wildman–Crippen LogP) is 3.10. The molecule has 6 heteroatoms. The monoisotopic (exact) mass is 338 g/mol. The predicted molar refractivity (Wildman–Crippen MR) is 96.2 cm³/mol. The summed E-state index contributed by atoms with van der Waals surface area (Å²) in [6.45, 7) is 2.18. The lowest BCUT2D eigenvalue weighted by atomic mass is 10.1. The first-order valence-corrected chi connectivity index (χ1v) is 8.45. The van der Waals surface area contributed by atoms with E-state index in [0.29, 0.717) is 24.1 Å². The highest BCUT2D eigenvalue weighted by Crippen LogP contribution is 2.18. The Labute approximate surface area is 146 Å². The summed E-state index contributed by atoms with van der Waals surface area (Å²) in [6.07, 6.45) is 4.01. The van der Waals surface area contributed by atoms with Crippen LogP contribution in [0.25, 0.3) is 11.5 Å². The van der Waals surface area contributed by atoms with Gasteiger partial charge in [0.15, 0.2) is 5.82 Å². The molecule has 0 aliphatic rings. The molecular weight excluding hydrogens is 316 g/mol. The Morgan fingerprint density at radius 3 is 2.68 bits per heavy atom. The Kier molecular flexibility index (Phi) is 5.74. The number of aliphatic hydroxyl groups excluding tert-OH is 1. The molecule has 2 aromatic heterocycles. The summed E-state index contributed by atoms with van der Waals surface area (Å²) in [4.78, 5) is 8.73. The van der Waals surface area contributed by atoms with E-state index in [9.17, 15) is 5.11 Å². The molecule has 130 valence electrons. The first kappa shape index (κ1) is 17.1. The van der Waals surface area contributed by atoms with Crippen LogP contribution < -0.4 is 5.32 Å². The molecule has 0 fully saturated rings. The van der Waals surface area contributed by atoms with Gasteiger partial charge in [0, 0.05) is 19.2 Å². The van der Waals surface area contributed by atoms with Crippen molar-refractivity contribution in [1.82, 2.24) is 15.1 Å². The molecular formula is C19H22N4O2. The molecule has 1 atom stereocenters. The lowest BCUT2D eigenvalue weighted by Crippen LogP contribution is -2.15. The molecule has 0 saturated carbocycles. The zero-order valence-corrected chi connectivity index (χ0v) is 14.2. The minimum Gasteiger partial charge on any atom is -0.392 e. The second-order valence-electron chi connectivity index (χ2n) is 6.02. The Morgan fingerprint density at radius 1 is 1.12 bits per heavy atom. The number of nitrogens with zero attached hydrogens (tertiary/aromatic N) is 3. The van der Waals surface area contributed by atoms with E-state index in [1.165, 1.54) is 5.56 Å². The molecule has 0 saturated heterocycles. The number of aryl methyl sites for hydroxylation is 2. The van der Waals surface area contributed by atoms with Crippen molar-refractivity contribution in [2.24, 2.45) is 0 Å². The summed E-state index contributed by atoms with van der Waals surface area (Å²) >= 11 is 0. The second kappa shape index (κ2) is 8.39. The highest BCUT2D eigenvalue weighted by atomic mass is 16.5. The van der Waals surface area contributed by atoms with Crippen molar-refractivity contribution in [2.45, 2.75) is 32.3 Å². The Balaban J connectivity index is 1.54. The smallest absolute Gasteiger partial charge is 0.259 e. The van der Waals surface area contributed by atoms with Gasteiger partial charge in [-0.1, -0.05) is 35.5 Å². The maximum absolute atomic E-state index is 9.27. The van der Waals surface area contributed by atoms with Crippen molar-refractivity contribution < 1.29 is 9.63 Å². The van der Waals surface area contributed by atoms with Crippen molar-refractivity contribution in [2.75, 3.05) is 11.9 Å². The number of benzene rings is 1. The molecule has 0 aliphatic carbocycles. The van der Waals surface area contributed by atoms with Gasteiger partial charge in [0.05, 0.1) is 11.7 Å². The van der Waals surface area contributed by atoms with Gasteiger partial charge in [-0.15, -0.1) is 0 Å². The number of hydrogen-bond acceptors (Lipinski definition) is 6. The molecule has 0 radical (unpaired) electrons. The first-order chi connectivity index (χ1) is 12.2. The first-order valence-electron chi connectivity index (χ1n) is 8.45. The topological polar surface area (TPSA) is 84.1 Å². The molecule has 6 nitrogen and oxygen atoms in total. The molecule has 0 amide bonds. The van der Waals surface area contributed by atoms with Gasteiger partial charge >= 0.3 is 0 Å². The third-order valence-electron chi connectivity index (χ3n) is 3.77. The quantitative estimate of drug-likeness (QED) is 0.656. The van der Waals surface area contributed by atoms with E-state index in [-0.39, 0.29) is 0 Å². The third-order valence-corrected chi connectivity index (χ3v) is 3.77. The van der Waals surface area contributed by atoms with Gasteiger partial charge in [-0.25, -0.2) is 4.98 Å². The zero-order chi connectivity index (χ0) is 17.5. The summed E-state index contributed by atoms with van der Waals surface area (Å²) in [7, 11) is 0. The standard InChI is InChI=1S/C19H22N4O2/c1-14(24)12-20-17-11-10-16(13-21-17)19-22-18(23-25-19)9-5-8-15-6-3-2-4-7-15/h2-4,6-7,10-11,13-14,24H,5,8-9,12H2,1H3,(H,20,21)/t14-/m0/s1. The average Bonchev–Trinajstić information content (AvgIpc) is 3.10. The molecule has 0 aliphatic heterocycles. The molecule has 3 rings (SSSR count). The Bertz CT molecular complexity index is 770. The largest absolute Gasteiger partial charge is 0.392 e. The molecule has 2 N–H and O–H groups in total. The summed E-state index contributed by atoms with van der Waals surface area (Å²) in [5.74, 6) is 1.89. The average molecular weight is 338 g/mol. The second-order valence-corrected chi connectivity index (χ2v) is 6.02. The number of anilines is 1. The van der Waals surface area contributed by atoms with Gasteiger partial charge in [0.25, 0.3) is 5.89 Å². The van der Waals surface area contributed by atoms with Crippen molar-refractivity contribution in [3.8, 4) is 11.5 Å². The van der Waals surface area contributed by atoms with Crippen LogP contribution in [0.4, 0.5) is 5.82 Å². The Hall–Kier alpha value is -2.73. The molecule has 0 unspecified atom stereocenters. The minimum absolute atomic E-state index is 0.420. The minimum atomic E-state index is -0.420. The van der Waals surface area contributed by atoms with Crippen LogP contribution in [-0.4, -0.2) is 32.9 Å². The van der Waals surface area contributed by atoms with Gasteiger partial charge in [-0.3, -0.25) is 0 Å². The van der Waals surface area contributed by atoms with Gasteiger partial charge in [0.1, 0.15) is 5.82 Å². The van der Waals surface area contributed by atoms with E-state index in [1.54, 1.807) is 13.1 Å². The lowest BCUT2D eigenvalue weighted by Gasteiger charge is -2.07. The summed E-state index contributed by atoms with van der Waals surface area (Å²) in [5.41, 5.74) is 2.10. The van der Waals surface area contributed by atoms with Crippen LogP contribution in [0.15, 0.2) is 53.2 Å². The molecule has 2 heterocycles. The van der Waals surface area contributed by atoms with E-state index in [1.807, 2.05) is 18.2 Å². The van der Waals surface area contributed by atoms with Crippen LogP contribution in [0.5, 0.6) is 0 Å². The number of rotatable bonds is 8. The van der Waals surface area contributed by atoms with Crippen molar-refractivity contribution in [1.29, 1.82) is 0 Å². The summed E-state index contributed by atoms with van der Waals surface area (Å²) in [5, 5.41) is 16.4. The number of aliphatic hydroxyl groups is 1. The number of aromatic nitrogens is 3. The SMILES string of the molecule is C[C@H](O)CNc1ccc(-c2nc(CCCc3ccccc3)no2)cn1. The third kappa shape index (κ3) is 5.12. The molecule has 0 bridgehead atoms. The van der Waals surface area contributed by atoms with E-state index < -0.39 is 6.10 Å². The fourth-order valence-corrected chi connectivity index (χ4v) is 2.45. The van der Waals surface area contributed by atoms with Crippen LogP contribution >= 0.6 is 0 Å². The van der Waals surface area contributed by atoms with Crippen molar-refractivity contribution in [3.63, 3.8) is 0 Å². The zero-order valence-electron chi connectivity index (χ0n) is 14.2. The fraction of sp³-hybridized carbons (Fsp3) is 0.316. The van der Waals surface area contributed by atoms with Gasteiger partial charge < -0.3 is 14.9 Å². The fourth-order valence-electron chi connectivity index (χ4n) is 2.45. The van der Waals surface area contributed by atoms with Gasteiger partial charge in [0.2, 0.25) is 0 Å². The molecule has 25 heavy (non-hydrogen) atoms. The highest BCUT2D eigenvalue weighted by Gasteiger charge is 2.09. The number of hydrogen-bond donors (Lipinski definition) is 2. The van der Waals surface area contributed by atoms with Crippen molar-refractivity contribution >= 4 is 5.82 Å². The van der Waals surface area contributed by atoms with Gasteiger partial charge in [-0.2, -0.15) is 4.98 Å². The summed E-state index contributed by atoms with van der Waals surface area (Å²) in [6, 6.07) is 14.1. The van der Waals surface area contributed by atoms with Crippen LogP contribution in [0.1, 0.15) is 24.7 Å². The maximum Gasteiger partial charge on any atom is 0.259 e. The normalized spacial score (nSPS) is 12.1. The van der Waals surface area contributed by atoms with Crippen LogP contribution in [0, 0.1) is 0 Å². The Morgan fingerprint density at radius 2 is 1.96 bits per heavy atom.